The van der Waals surface area contributed by atoms with Crippen molar-refractivity contribution in [2.24, 2.45) is 0 Å². The Morgan fingerprint density at radius 2 is 1.50 bits per heavy atom. The first-order valence-electron chi connectivity index (χ1n) is 6.49. The fourth-order valence-electron chi connectivity index (χ4n) is 2.31. The quantitative estimate of drug-likeness (QED) is 0.711. The number of ether oxygens (including phenoxy) is 1. The molecule has 0 spiro atoms. The zero-order valence-electron chi connectivity index (χ0n) is 10.8. The van der Waals surface area contributed by atoms with E-state index in [4.69, 9.17) is 16.3 Å². The van der Waals surface area contributed by atoms with E-state index in [-0.39, 0.29) is 18.4 Å². The third-order valence-electron chi connectivity index (χ3n) is 3.42. The van der Waals surface area contributed by atoms with Crippen LogP contribution < -0.4 is 9.80 Å². The zero-order valence-corrected chi connectivity index (χ0v) is 11.6. The van der Waals surface area contributed by atoms with Crippen LogP contribution in [0.15, 0.2) is 0 Å². The first-order valence-corrected chi connectivity index (χ1v) is 6.86. The van der Waals surface area contributed by atoms with Gasteiger partial charge in [0.2, 0.25) is 17.2 Å². The summed E-state index contributed by atoms with van der Waals surface area (Å²) in [5, 5.41) is 19.3. The maximum atomic E-state index is 9.59. The van der Waals surface area contributed by atoms with Crippen molar-refractivity contribution >= 4 is 23.5 Å². The van der Waals surface area contributed by atoms with Gasteiger partial charge in [-0.2, -0.15) is 15.0 Å². The summed E-state index contributed by atoms with van der Waals surface area (Å²) >= 11 is 5.95. The molecule has 8 nitrogen and oxygen atoms in total. The normalized spacial score (nSPS) is 27.1. The molecule has 2 aliphatic heterocycles. The second-order valence-corrected chi connectivity index (χ2v) is 5.18. The molecule has 0 aromatic carbocycles. The summed E-state index contributed by atoms with van der Waals surface area (Å²) in [5.41, 5.74) is 0. The van der Waals surface area contributed by atoms with Gasteiger partial charge in [-0.15, -0.1) is 0 Å². The lowest BCUT2D eigenvalue weighted by Gasteiger charge is -2.27. The smallest absolute Gasteiger partial charge is 0.231 e. The van der Waals surface area contributed by atoms with Crippen LogP contribution in [0.2, 0.25) is 5.28 Å². The molecule has 1 aromatic heterocycles. The number of aromatic nitrogens is 3. The Hall–Kier alpha value is -1.22. The number of rotatable bonds is 2. The van der Waals surface area contributed by atoms with Crippen molar-refractivity contribution in [3.05, 3.63) is 5.28 Å². The van der Waals surface area contributed by atoms with Crippen LogP contribution in [0, 0.1) is 0 Å². The number of hydrogen-bond acceptors (Lipinski definition) is 8. The summed E-state index contributed by atoms with van der Waals surface area (Å²) in [6, 6.07) is 0. The fourth-order valence-corrected chi connectivity index (χ4v) is 2.46. The SMILES string of the molecule is OC1CN(c2nc(Cl)nc(N3CCOCC3)n2)CC1O. The summed E-state index contributed by atoms with van der Waals surface area (Å²) in [6.45, 7) is 3.21. The Labute approximate surface area is 121 Å². The lowest BCUT2D eigenvalue weighted by molar-refractivity contribution is 0.0572. The van der Waals surface area contributed by atoms with Crippen LogP contribution in [0.1, 0.15) is 0 Å². The van der Waals surface area contributed by atoms with Crippen LogP contribution in [-0.4, -0.2) is 76.8 Å². The standard InChI is InChI=1S/C11H16ClN5O3/c12-9-13-10(16-1-3-20-4-2-16)15-11(14-9)17-5-7(18)8(19)6-17/h7-8,18-19H,1-6H2. The summed E-state index contributed by atoms with van der Waals surface area (Å²) in [7, 11) is 0. The van der Waals surface area contributed by atoms with E-state index in [1.807, 2.05) is 4.90 Å². The Kier molecular flexibility index (Phi) is 3.88. The number of β-amino-alcohol motifs (C(OH)–C–C–N with tert-alkyl or cyclic N) is 2. The molecule has 0 amide bonds. The molecule has 0 aliphatic carbocycles. The molecule has 0 saturated carbocycles. The summed E-state index contributed by atoms with van der Waals surface area (Å²) < 4.78 is 5.29. The van der Waals surface area contributed by atoms with E-state index in [2.05, 4.69) is 15.0 Å². The number of halogens is 1. The van der Waals surface area contributed by atoms with E-state index >= 15 is 0 Å². The second kappa shape index (κ2) is 5.65. The van der Waals surface area contributed by atoms with E-state index < -0.39 is 12.2 Å². The van der Waals surface area contributed by atoms with Gasteiger partial charge in [0.05, 0.1) is 25.4 Å². The number of morpholine rings is 1. The molecule has 2 saturated heterocycles. The molecule has 110 valence electrons. The van der Waals surface area contributed by atoms with Gasteiger partial charge in [-0.1, -0.05) is 0 Å². The third kappa shape index (κ3) is 2.78. The van der Waals surface area contributed by atoms with Gasteiger partial charge in [0.25, 0.3) is 0 Å². The van der Waals surface area contributed by atoms with E-state index in [0.717, 1.165) is 0 Å². The molecule has 2 unspecified atom stereocenters. The van der Waals surface area contributed by atoms with E-state index in [1.54, 1.807) is 4.90 Å². The zero-order chi connectivity index (χ0) is 14.1. The Balaban J connectivity index is 1.83. The van der Waals surface area contributed by atoms with Crippen LogP contribution in [0.3, 0.4) is 0 Å². The minimum absolute atomic E-state index is 0.104. The number of aliphatic hydroxyl groups is 2. The highest BCUT2D eigenvalue weighted by Crippen LogP contribution is 2.21. The van der Waals surface area contributed by atoms with Gasteiger partial charge in [-0.3, -0.25) is 0 Å². The van der Waals surface area contributed by atoms with Gasteiger partial charge >= 0.3 is 0 Å². The molecule has 3 heterocycles. The molecular formula is C11H16ClN5O3. The Bertz CT molecular complexity index is 475. The largest absolute Gasteiger partial charge is 0.388 e. The van der Waals surface area contributed by atoms with E-state index in [0.29, 0.717) is 38.2 Å². The monoisotopic (exact) mass is 301 g/mol. The molecule has 1 aromatic rings. The molecule has 2 N–H and O–H groups in total. The molecule has 0 radical (unpaired) electrons. The molecule has 2 aliphatic rings. The number of nitrogens with zero attached hydrogens (tertiary/aromatic N) is 5. The summed E-state index contributed by atoms with van der Waals surface area (Å²) in [6.07, 6.45) is -1.59. The number of aliphatic hydroxyl groups excluding tert-OH is 2. The average molecular weight is 302 g/mol. The second-order valence-electron chi connectivity index (χ2n) is 4.84. The maximum absolute atomic E-state index is 9.59. The topological polar surface area (TPSA) is 94.8 Å². The van der Waals surface area contributed by atoms with Crippen LogP contribution in [0.25, 0.3) is 0 Å². The highest BCUT2D eigenvalue weighted by Gasteiger charge is 2.32. The summed E-state index contributed by atoms with van der Waals surface area (Å²) in [4.78, 5) is 16.2. The molecule has 2 atom stereocenters. The Morgan fingerprint density at radius 1 is 0.950 bits per heavy atom. The lowest BCUT2D eigenvalue weighted by Crippen LogP contribution is -2.38. The van der Waals surface area contributed by atoms with Crippen molar-refractivity contribution in [1.29, 1.82) is 0 Å². The lowest BCUT2D eigenvalue weighted by atomic mass is 10.3. The molecular weight excluding hydrogens is 286 g/mol. The van der Waals surface area contributed by atoms with Gasteiger partial charge in [-0.05, 0) is 11.6 Å². The molecule has 3 rings (SSSR count). The minimum Gasteiger partial charge on any atom is -0.388 e. The predicted octanol–water partition coefficient (Wildman–Crippen LogP) is -1.10. The van der Waals surface area contributed by atoms with Gasteiger partial charge in [0, 0.05) is 26.2 Å². The minimum atomic E-state index is -0.794. The number of hydrogen-bond donors (Lipinski definition) is 2. The van der Waals surface area contributed by atoms with Crippen molar-refractivity contribution < 1.29 is 14.9 Å². The Morgan fingerprint density at radius 3 is 2.10 bits per heavy atom. The van der Waals surface area contributed by atoms with Gasteiger partial charge in [-0.25, -0.2) is 0 Å². The van der Waals surface area contributed by atoms with Crippen molar-refractivity contribution in [3.8, 4) is 0 Å². The molecule has 9 heteroatoms. The first kappa shape index (κ1) is 13.7. The summed E-state index contributed by atoms with van der Waals surface area (Å²) in [5.74, 6) is 0.876. The number of anilines is 2. The van der Waals surface area contributed by atoms with Crippen molar-refractivity contribution in [1.82, 2.24) is 15.0 Å². The van der Waals surface area contributed by atoms with E-state index in [1.165, 1.54) is 0 Å². The maximum Gasteiger partial charge on any atom is 0.231 e. The molecule has 2 fully saturated rings. The third-order valence-corrected chi connectivity index (χ3v) is 3.59. The highest BCUT2D eigenvalue weighted by molar-refractivity contribution is 6.28. The van der Waals surface area contributed by atoms with Crippen LogP contribution in [-0.2, 0) is 4.74 Å². The van der Waals surface area contributed by atoms with Crippen LogP contribution in [0.5, 0.6) is 0 Å². The van der Waals surface area contributed by atoms with Gasteiger partial charge in [0.1, 0.15) is 0 Å². The van der Waals surface area contributed by atoms with Gasteiger partial charge in [0.15, 0.2) is 0 Å². The van der Waals surface area contributed by atoms with Crippen molar-refractivity contribution in [2.75, 3.05) is 49.2 Å². The van der Waals surface area contributed by atoms with Crippen molar-refractivity contribution in [2.45, 2.75) is 12.2 Å². The molecule has 0 bridgehead atoms. The predicted molar refractivity (Wildman–Crippen MR) is 72.1 cm³/mol. The average Bonchev–Trinajstić information content (AvgIpc) is 2.79. The first-order chi connectivity index (χ1) is 9.63. The van der Waals surface area contributed by atoms with Crippen LogP contribution >= 0.6 is 11.6 Å². The van der Waals surface area contributed by atoms with Gasteiger partial charge < -0.3 is 24.7 Å². The van der Waals surface area contributed by atoms with Crippen molar-refractivity contribution in [3.63, 3.8) is 0 Å². The fraction of sp³-hybridized carbons (Fsp3) is 0.727. The van der Waals surface area contributed by atoms with E-state index in [9.17, 15) is 10.2 Å². The molecule has 20 heavy (non-hydrogen) atoms. The highest BCUT2D eigenvalue weighted by atomic mass is 35.5. The van der Waals surface area contributed by atoms with Crippen LogP contribution in [0.4, 0.5) is 11.9 Å².